The van der Waals surface area contributed by atoms with Gasteiger partial charge in [-0.05, 0) is 72.9 Å². The molecule has 4 rings (SSSR count). The van der Waals surface area contributed by atoms with Crippen LogP contribution in [0.3, 0.4) is 0 Å². The first kappa shape index (κ1) is 18.1. The van der Waals surface area contributed by atoms with E-state index in [-0.39, 0.29) is 17.4 Å². The van der Waals surface area contributed by atoms with Crippen LogP contribution in [-0.2, 0) is 6.42 Å². The minimum Gasteiger partial charge on any atom is -0.345 e. The number of rotatable bonds is 3. The lowest BCUT2D eigenvalue weighted by Crippen LogP contribution is -2.47. The van der Waals surface area contributed by atoms with Crippen molar-refractivity contribution in [1.29, 1.82) is 0 Å². The van der Waals surface area contributed by atoms with Crippen LogP contribution < -0.4 is 5.73 Å². The van der Waals surface area contributed by atoms with Crippen LogP contribution in [0.1, 0.15) is 45.1 Å². The number of hydrogen-bond acceptors (Lipinski definition) is 2. The average Bonchev–Trinajstić information content (AvgIpc) is 3.09. The summed E-state index contributed by atoms with van der Waals surface area (Å²) in [5, 5.41) is 0. The molecule has 0 radical (unpaired) electrons. The van der Waals surface area contributed by atoms with Crippen molar-refractivity contribution in [2.24, 2.45) is 11.1 Å². The van der Waals surface area contributed by atoms with Gasteiger partial charge >= 0.3 is 0 Å². The van der Waals surface area contributed by atoms with E-state index < -0.39 is 17.2 Å². The highest BCUT2D eigenvalue weighted by atomic mass is 19.1. The summed E-state index contributed by atoms with van der Waals surface area (Å²) >= 11 is 0. The molecule has 1 saturated carbocycles. The lowest BCUT2D eigenvalue weighted by atomic mass is 9.68. The van der Waals surface area contributed by atoms with E-state index in [4.69, 9.17) is 5.73 Å². The predicted molar refractivity (Wildman–Crippen MR) is 104 cm³/mol. The molecule has 2 aromatic carbocycles. The maximum Gasteiger partial charge on any atom is 0.130 e. The van der Waals surface area contributed by atoms with Crippen molar-refractivity contribution in [1.82, 2.24) is 9.97 Å². The van der Waals surface area contributed by atoms with Crippen molar-refractivity contribution in [3.63, 3.8) is 0 Å². The van der Waals surface area contributed by atoms with Gasteiger partial charge in [0.1, 0.15) is 11.6 Å². The van der Waals surface area contributed by atoms with E-state index in [0.717, 1.165) is 42.3 Å². The van der Waals surface area contributed by atoms with Gasteiger partial charge in [0.25, 0.3) is 0 Å². The van der Waals surface area contributed by atoms with Gasteiger partial charge in [-0.25, -0.2) is 13.8 Å². The second-order valence-corrected chi connectivity index (χ2v) is 8.76. The monoisotopic (exact) mass is 369 g/mol. The summed E-state index contributed by atoms with van der Waals surface area (Å²) in [6.07, 6.45) is 5.38. The van der Waals surface area contributed by atoms with Crippen molar-refractivity contribution in [2.75, 3.05) is 0 Å². The van der Waals surface area contributed by atoms with Gasteiger partial charge in [-0.1, -0.05) is 19.9 Å². The predicted octanol–water partition coefficient (Wildman–Crippen LogP) is 5.35. The highest BCUT2D eigenvalue weighted by Crippen LogP contribution is 2.41. The van der Waals surface area contributed by atoms with Gasteiger partial charge < -0.3 is 10.7 Å². The molecule has 1 heterocycles. The number of aromatic amines is 1. The normalized spacial score (nSPS) is 18.7. The van der Waals surface area contributed by atoms with E-state index in [0.29, 0.717) is 5.56 Å². The zero-order valence-electron chi connectivity index (χ0n) is 15.8. The molecule has 1 aromatic heterocycles. The number of nitrogens with zero attached hydrogens (tertiary/aromatic N) is 1. The van der Waals surface area contributed by atoms with E-state index >= 15 is 0 Å². The third kappa shape index (κ3) is 3.61. The third-order valence-electron chi connectivity index (χ3n) is 6.02. The molecule has 3 aromatic rings. The number of nitrogens with two attached hydrogens (primary N) is 1. The maximum absolute atomic E-state index is 14.8. The summed E-state index contributed by atoms with van der Waals surface area (Å²) in [5.74, 6) is -1.05. The van der Waals surface area contributed by atoms with Gasteiger partial charge in [-0.2, -0.15) is 0 Å². The van der Waals surface area contributed by atoms with Crippen molar-refractivity contribution >= 4 is 11.0 Å². The number of benzene rings is 2. The Morgan fingerprint density at radius 2 is 1.67 bits per heavy atom. The first-order chi connectivity index (χ1) is 12.7. The van der Waals surface area contributed by atoms with Crippen molar-refractivity contribution < 1.29 is 8.78 Å². The molecule has 27 heavy (non-hydrogen) atoms. The lowest BCUT2D eigenvalue weighted by molar-refractivity contribution is 0.163. The molecule has 0 saturated heterocycles. The standard InChI is InChI=1S/C22H25F2N3/c1-21(2)5-7-22(25,8-6-21)12-16-17(23)9-15(10-18(16)24)14-3-4-19-20(11-14)27-13-26-19/h3-4,9-11,13H,5-8,12,25H2,1-2H3,(H,26,27). The Hall–Kier alpha value is -2.27. The van der Waals surface area contributed by atoms with Crippen molar-refractivity contribution in [3.05, 3.63) is 53.9 Å². The van der Waals surface area contributed by atoms with E-state index in [1.807, 2.05) is 18.2 Å². The number of H-pyrrole nitrogens is 1. The Bertz CT molecular complexity index is 957. The van der Waals surface area contributed by atoms with Crippen LogP contribution in [-0.4, -0.2) is 15.5 Å². The zero-order valence-corrected chi connectivity index (χ0v) is 15.8. The van der Waals surface area contributed by atoms with Gasteiger partial charge in [-0.3, -0.25) is 0 Å². The van der Waals surface area contributed by atoms with Crippen molar-refractivity contribution in [2.45, 2.75) is 51.5 Å². The molecule has 3 N–H and O–H groups in total. The molecule has 0 amide bonds. The molecule has 5 heteroatoms. The molecule has 0 spiro atoms. The number of imidazole rings is 1. The number of fused-ring (bicyclic) bond motifs is 1. The van der Waals surface area contributed by atoms with Gasteiger partial charge in [0.05, 0.1) is 17.4 Å². The fourth-order valence-electron chi connectivity index (χ4n) is 4.01. The second kappa shape index (κ2) is 6.41. The molecule has 3 nitrogen and oxygen atoms in total. The minimum absolute atomic E-state index is 0.101. The zero-order chi connectivity index (χ0) is 19.2. The van der Waals surface area contributed by atoms with Crippen molar-refractivity contribution in [3.8, 4) is 11.1 Å². The summed E-state index contributed by atoms with van der Waals surface area (Å²) in [6.45, 7) is 4.44. The summed E-state index contributed by atoms with van der Waals surface area (Å²) < 4.78 is 29.6. The Morgan fingerprint density at radius 1 is 1.00 bits per heavy atom. The van der Waals surface area contributed by atoms with E-state index in [1.165, 1.54) is 12.1 Å². The van der Waals surface area contributed by atoms with Gasteiger partial charge in [0.2, 0.25) is 0 Å². The van der Waals surface area contributed by atoms with Crippen LogP contribution >= 0.6 is 0 Å². The number of nitrogens with one attached hydrogen (secondary N) is 1. The number of hydrogen-bond donors (Lipinski definition) is 2. The van der Waals surface area contributed by atoms with Crippen LogP contribution in [0.5, 0.6) is 0 Å². The molecule has 0 aliphatic heterocycles. The second-order valence-electron chi connectivity index (χ2n) is 8.76. The summed E-state index contributed by atoms with van der Waals surface area (Å²) in [6, 6.07) is 8.33. The minimum atomic E-state index is -0.534. The molecule has 142 valence electrons. The SMILES string of the molecule is CC1(C)CCC(N)(Cc2c(F)cc(-c3ccc4nc[nH]c4c3)cc2F)CC1. The molecular weight excluding hydrogens is 344 g/mol. The Balaban J connectivity index is 1.62. The van der Waals surface area contributed by atoms with E-state index in [9.17, 15) is 8.78 Å². The highest BCUT2D eigenvalue weighted by molar-refractivity contribution is 5.81. The Kier molecular flexibility index (Phi) is 4.30. The van der Waals surface area contributed by atoms with Gasteiger partial charge in [-0.15, -0.1) is 0 Å². The van der Waals surface area contributed by atoms with Crippen LogP contribution in [0, 0.1) is 17.0 Å². The molecule has 1 aliphatic carbocycles. The molecular formula is C22H25F2N3. The summed E-state index contributed by atoms with van der Waals surface area (Å²) in [7, 11) is 0. The molecule has 1 fully saturated rings. The number of halogens is 2. The average molecular weight is 369 g/mol. The lowest BCUT2D eigenvalue weighted by Gasteiger charge is -2.41. The van der Waals surface area contributed by atoms with Crippen LogP contribution in [0.4, 0.5) is 8.78 Å². The smallest absolute Gasteiger partial charge is 0.130 e. The fourth-order valence-corrected chi connectivity index (χ4v) is 4.01. The fraction of sp³-hybridized carbons (Fsp3) is 0.409. The maximum atomic E-state index is 14.8. The largest absolute Gasteiger partial charge is 0.345 e. The molecule has 0 bridgehead atoms. The number of aromatic nitrogens is 2. The highest BCUT2D eigenvalue weighted by Gasteiger charge is 2.36. The first-order valence-electron chi connectivity index (χ1n) is 9.45. The van der Waals surface area contributed by atoms with Gasteiger partial charge in [0.15, 0.2) is 0 Å². The summed E-state index contributed by atoms with van der Waals surface area (Å²) in [4.78, 5) is 7.19. The first-order valence-corrected chi connectivity index (χ1v) is 9.45. The summed E-state index contributed by atoms with van der Waals surface area (Å²) in [5.41, 5.74) is 9.25. The Morgan fingerprint density at radius 3 is 2.33 bits per heavy atom. The molecule has 0 unspecified atom stereocenters. The molecule has 1 aliphatic rings. The van der Waals surface area contributed by atoms with E-state index in [2.05, 4.69) is 23.8 Å². The van der Waals surface area contributed by atoms with Gasteiger partial charge in [0, 0.05) is 11.1 Å². The van der Waals surface area contributed by atoms with Crippen LogP contribution in [0.15, 0.2) is 36.7 Å². The quantitative estimate of drug-likeness (QED) is 0.654. The topological polar surface area (TPSA) is 54.7 Å². The van der Waals surface area contributed by atoms with Crippen LogP contribution in [0.2, 0.25) is 0 Å². The van der Waals surface area contributed by atoms with E-state index in [1.54, 1.807) is 6.33 Å². The Labute approximate surface area is 158 Å². The molecule has 0 atom stereocenters. The van der Waals surface area contributed by atoms with Crippen LogP contribution in [0.25, 0.3) is 22.2 Å². The third-order valence-corrected chi connectivity index (χ3v) is 6.02.